The lowest BCUT2D eigenvalue weighted by molar-refractivity contribution is -0.120. The number of amides is 1. The van der Waals surface area contributed by atoms with Crippen LogP contribution in [0.4, 0.5) is 8.78 Å². The number of pyridine rings is 2. The maximum Gasteiger partial charge on any atom is 0.248 e. The first-order chi connectivity index (χ1) is 17.9. The van der Waals surface area contributed by atoms with Crippen LogP contribution in [0.5, 0.6) is 0 Å². The molecule has 5 nitrogen and oxygen atoms in total. The molecule has 5 rings (SSSR count). The van der Waals surface area contributed by atoms with Gasteiger partial charge >= 0.3 is 0 Å². The third-order valence-electron chi connectivity index (χ3n) is 6.47. The van der Waals surface area contributed by atoms with Crippen molar-refractivity contribution >= 4 is 11.5 Å². The molecule has 0 radical (unpaired) electrons. The van der Waals surface area contributed by atoms with Crippen molar-refractivity contribution in [2.45, 2.75) is 32.2 Å². The number of aromatic nitrogens is 2. The highest BCUT2D eigenvalue weighted by molar-refractivity contribution is 5.90. The number of H-pyrrole nitrogens is 1. The molecule has 0 bridgehead atoms. The Morgan fingerprint density at radius 1 is 1.05 bits per heavy atom. The predicted molar refractivity (Wildman–Crippen MR) is 139 cm³/mol. The molecule has 2 heterocycles. The van der Waals surface area contributed by atoms with Gasteiger partial charge in [0, 0.05) is 29.6 Å². The van der Waals surface area contributed by atoms with E-state index in [2.05, 4.69) is 15.3 Å². The molecule has 0 aliphatic heterocycles. The van der Waals surface area contributed by atoms with Gasteiger partial charge in [0.1, 0.15) is 11.6 Å². The second-order valence-corrected chi connectivity index (χ2v) is 9.24. The quantitative estimate of drug-likeness (QED) is 0.356. The molecule has 7 heteroatoms. The van der Waals surface area contributed by atoms with Gasteiger partial charge in [-0.2, -0.15) is 0 Å². The first-order valence-corrected chi connectivity index (χ1v) is 12.0. The summed E-state index contributed by atoms with van der Waals surface area (Å²) in [5.41, 5.74) is 5.98. The maximum absolute atomic E-state index is 14.0. The fourth-order valence-corrected chi connectivity index (χ4v) is 4.73. The Morgan fingerprint density at radius 2 is 1.81 bits per heavy atom. The fraction of sp³-hybridized carbons (Fsp3) is 0.167. The van der Waals surface area contributed by atoms with Crippen LogP contribution in [0.1, 0.15) is 40.5 Å². The number of halogens is 2. The summed E-state index contributed by atoms with van der Waals surface area (Å²) in [6.07, 6.45) is 4.39. The number of nitrogens with one attached hydrogen (secondary N) is 2. The summed E-state index contributed by atoms with van der Waals surface area (Å²) < 4.78 is 28.0. The fourth-order valence-electron chi connectivity index (χ4n) is 4.73. The molecule has 1 aliphatic rings. The molecule has 0 saturated heterocycles. The largest absolute Gasteiger partial charge is 0.347 e. The minimum Gasteiger partial charge on any atom is -0.347 e. The predicted octanol–water partition coefficient (Wildman–Crippen LogP) is 5.45. The highest BCUT2D eigenvalue weighted by Gasteiger charge is 2.24. The number of hydrogen-bond donors (Lipinski definition) is 2. The number of benzene rings is 2. The molecule has 2 aromatic heterocycles. The van der Waals surface area contributed by atoms with E-state index in [0.29, 0.717) is 23.4 Å². The SMILES string of the molecule is Cc1ccc(-c2cccnc2[C@H](Cc2cc(F)cc(F)c2)NC(=O)CC2=CCc3ccc(=O)[nH]c32)cc1. The Bertz CT molecular complexity index is 1540. The van der Waals surface area contributed by atoms with Gasteiger partial charge in [0.15, 0.2) is 0 Å². The normalized spacial score (nSPS) is 13.1. The van der Waals surface area contributed by atoms with E-state index in [-0.39, 0.29) is 24.3 Å². The number of rotatable bonds is 7. The Balaban J connectivity index is 1.47. The van der Waals surface area contributed by atoms with Gasteiger partial charge in [-0.1, -0.05) is 48.0 Å². The topological polar surface area (TPSA) is 74.8 Å². The lowest BCUT2D eigenvalue weighted by atomic mass is 9.94. The van der Waals surface area contributed by atoms with Gasteiger partial charge in [0.25, 0.3) is 0 Å². The van der Waals surface area contributed by atoms with E-state index in [0.717, 1.165) is 33.9 Å². The zero-order valence-electron chi connectivity index (χ0n) is 20.2. The molecular weight excluding hydrogens is 472 g/mol. The van der Waals surface area contributed by atoms with Gasteiger partial charge in [0.05, 0.1) is 18.2 Å². The molecule has 0 spiro atoms. The van der Waals surface area contributed by atoms with E-state index in [4.69, 9.17) is 0 Å². The molecule has 4 aromatic rings. The summed E-state index contributed by atoms with van der Waals surface area (Å²) >= 11 is 0. The van der Waals surface area contributed by atoms with E-state index < -0.39 is 17.7 Å². The van der Waals surface area contributed by atoms with Crippen LogP contribution in [0.25, 0.3) is 16.7 Å². The summed E-state index contributed by atoms with van der Waals surface area (Å²) in [5.74, 6) is -1.65. The molecule has 2 aromatic carbocycles. The molecule has 37 heavy (non-hydrogen) atoms. The van der Waals surface area contributed by atoms with Gasteiger partial charge in [0.2, 0.25) is 11.5 Å². The number of aromatic amines is 1. The number of fused-ring (bicyclic) bond motifs is 1. The van der Waals surface area contributed by atoms with Crippen molar-refractivity contribution in [1.29, 1.82) is 0 Å². The Labute approximate surface area is 212 Å². The van der Waals surface area contributed by atoms with Crippen molar-refractivity contribution in [3.8, 4) is 11.1 Å². The average molecular weight is 498 g/mol. The van der Waals surface area contributed by atoms with Crippen molar-refractivity contribution < 1.29 is 13.6 Å². The molecule has 1 aliphatic carbocycles. The summed E-state index contributed by atoms with van der Waals surface area (Å²) in [6, 6.07) is 17.6. The molecule has 1 amide bonds. The van der Waals surface area contributed by atoms with E-state index in [1.165, 1.54) is 18.2 Å². The minimum absolute atomic E-state index is 0.0493. The zero-order chi connectivity index (χ0) is 25.9. The molecule has 0 fully saturated rings. The molecule has 1 atom stereocenters. The number of hydrogen-bond acceptors (Lipinski definition) is 3. The van der Waals surface area contributed by atoms with Crippen LogP contribution < -0.4 is 10.9 Å². The smallest absolute Gasteiger partial charge is 0.248 e. The van der Waals surface area contributed by atoms with Crippen LogP contribution in [0.15, 0.2) is 83.8 Å². The number of nitrogens with zero attached hydrogens (tertiary/aromatic N) is 1. The van der Waals surface area contributed by atoms with Crippen molar-refractivity contribution in [2.24, 2.45) is 0 Å². The lowest BCUT2D eigenvalue weighted by Gasteiger charge is -2.22. The van der Waals surface area contributed by atoms with E-state index in [9.17, 15) is 18.4 Å². The van der Waals surface area contributed by atoms with E-state index >= 15 is 0 Å². The van der Waals surface area contributed by atoms with Gasteiger partial charge in [-0.05, 0) is 60.2 Å². The van der Waals surface area contributed by atoms with Crippen LogP contribution in [-0.4, -0.2) is 15.9 Å². The summed E-state index contributed by atoms with van der Waals surface area (Å²) in [4.78, 5) is 32.5. The summed E-state index contributed by atoms with van der Waals surface area (Å²) in [6.45, 7) is 2.00. The second-order valence-electron chi connectivity index (χ2n) is 9.24. The highest BCUT2D eigenvalue weighted by atomic mass is 19.1. The minimum atomic E-state index is -0.684. The first-order valence-electron chi connectivity index (χ1n) is 12.0. The van der Waals surface area contributed by atoms with Crippen LogP contribution in [0.2, 0.25) is 0 Å². The second kappa shape index (κ2) is 10.3. The van der Waals surface area contributed by atoms with Gasteiger partial charge in [-0.15, -0.1) is 0 Å². The van der Waals surface area contributed by atoms with Crippen LogP contribution in [0, 0.1) is 18.6 Å². The van der Waals surface area contributed by atoms with Crippen molar-refractivity contribution in [1.82, 2.24) is 15.3 Å². The number of carbonyl (C=O) groups excluding carboxylic acids is 1. The summed E-state index contributed by atoms with van der Waals surface area (Å²) in [7, 11) is 0. The standard InChI is InChI=1S/C30H25F2N3O2/c1-18-4-6-20(7-5-18)25-3-2-12-33-30(25)26(15-19-13-23(31)17-24(32)14-19)34-28(37)16-22-9-8-21-10-11-27(36)35-29(21)22/h2-7,9-14,17,26H,8,15-16H2,1H3,(H,34,37)(H,35,36)/t26-/m0/s1. The molecular formula is C30H25F2N3O2. The summed E-state index contributed by atoms with van der Waals surface area (Å²) in [5, 5.41) is 3.04. The molecule has 2 N–H and O–H groups in total. The Kier molecular flexibility index (Phi) is 6.77. The number of carbonyl (C=O) groups is 1. The van der Waals surface area contributed by atoms with Crippen LogP contribution >= 0.6 is 0 Å². The number of aryl methyl sites for hydroxylation is 1. The van der Waals surface area contributed by atoms with Crippen molar-refractivity contribution in [2.75, 3.05) is 0 Å². The highest BCUT2D eigenvalue weighted by Crippen LogP contribution is 2.31. The average Bonchev–Trinajstić information content (AvgIpc) is 3.25. The third kappa shape index (κ3) is 5.56. The lowest BCUT2D eigenvalue weighted by Crippen LogP contribution is -2.31. The van der Waals surface area contributed by atoms with Gasteiger partial charge in [-0.25, -0.2) is 8.78 Å². The van der Waals surface area contributed by atoms with Gasteiger partial charge < -0.3 is 10.3 Å². The van der Waals surface area contributed by atoms with E-state index in [1.54, 1.807) is 12.3 Å². The number of allylic oxidation sites excluding steroid dienone is 1. The first kappa shape index (κ1) is 24.3. The van der Waals surface area contributed by atoms with Crippen LogP contribution in [0.3, 0.4) is 0 Å². The monoisotopic (exact) mass is 497 g/mol. The van der Waals surface area contributed by atoms with Crippen molar-refractivity contribution in [3.05, 3.63) is 129 Å². The molecule has 186 valence electrons. The van der Waals surface area contributed by atoms with E-state index in [1.807, 2.05) is 49.4 Å². The third-order valence-corrected chi connectivity index (χ3v) is 6.47. The Morgan fingerprint density at radius 3 is 2.57 bits per heavy atom. The molecule has 0 saturated carbocycles. The Hall–Kier alpha value is -4.39. The van der Waals surface area contributed by atoms with Gasteiger partial charge in [-0.3, -0.25) is 14.6 Å². The maximum atomic E-state index is 14.0. The zero-order valence-corrected chi connectivity index (χ0v) is 20.2. The van der Waals surface area contributed by atoms with Crippen molar-refractivity contribution in [3.63, 3.8) is 0 Å². The molecule has 0 unspecified atom stereocenters. The van der Waals surface area contributed by atoms with Crippen LogP contribution in [-0.2, 0) is 17.6 Å².